The van der Waals surface area contributed by atoms with Gasteiger partial charge in [-0.3, -0.25) is 9.59 Å². The van der Waals surface area contributed by atoms with Crippen LogP contribution in [0.4, 0.5) is 5.69 Å². The van der Waals surface area contributed by atoms with Crippen LogP contribution in [0.2, 0.25) is 0 Å². The van der Waals surface area contributed by atoms with E-state index < -0.39 is 0 Å². The highest BCUT2D eigenvalue weighted by Gasteiger charge is 2.27. The first kappa shape index (κ1) is 16.7. The molecule has 0 aliphatic carbocycles. The molecule has 0 bridgehead atoms. The Kier molecular flexibility index (Phi) is 4.65. The van der Waals surface area contributed by atoms with Crippen molar-refractivity contribution in [3.05, 3.63) is 48.8 Å². The van der Waals surface area contributed by atoms with Crippen molar-refractivity contribution in [1.29, 1.82) is 0 Å². The van der Waals surface area contributed by atoms with Gasteiger partial charge in [0.1, 0.15) is 5.75 Å². The number of amides is 2. The summed E-state index contributed by atoms with van der Waals surface area (Å²) >= 11 is 0. The third kappa shape index (κ3) is 3.31. The van der Waals surface area contributed by atoms with E-state index in [1.165, 1.54) is 0 Å². The fraction of sp³-hybridized carbons (Fsp3) is 0.400. The number of nitrogens with zero attached hydrogens (tertiary/aromatic N) is 3. The van der Waals surface area contributed by atoms with Gasteiger partial charge in [-0.05, 0) is 37.1 Å². The fourth-order valence-corrected chi connectivity index (χ4v) is 3.77. The average Bonchev–Trinajstić information content (AvgIpc) is 3.22. The van der Waals surface area contributed by atoms with Crippen molar-refractivity contribution < 1.29 is 14.3 Å². The lowest BCUT2D eigenvalue weighted by Crippen LogP contribution is -2.43. The van der Waals surface area contributed by atoms with Crippen LogP contribution in [-0.2, 0) is 9.59 Å². The zero-order valence-electron chi connectivity index (χ0n) is 14.7. The zero-order chi connectivity index (χ0) is 17.9. The van der Waals surface area contributed by atoms with E-state index in [0.717, 1.165) is 31.6 Å². The van der Waals surface area contributed by atoms with Crippen molar-refractivity contribution in [2.24, 2.45) is 0 Å². The highest BCUT2D eigenvalue weighted by molar-refractivity contribution is 5.98. The summed E-state index contributed by atoms with van der Waals surface area (Å²) in [5, 5.41) is 0. The van der Waals surface area contributed by atoms with Gasteiger partial charge in [-0.1, -0.05) is 12.1 Å². The van der Waals surface area contributed by atoms with Gasteiger partial charge in [0, 0.05) is 44.5 Å². The lowest BCUT2D eigenvalue weighted by atomic mass is 10.0. The largest absolute Gasteiger partial charge is 0.482 e. The van der Waals surface area contributed by atoms with Crippen LogP contribution < -0.4 is 9.64 Å². The van der Waals surface area contributed by atoms with Gasteiger partial charge < -0.3 is 19.1 Å². The minimum absolute atomic E-state index is 0.0352. The Balaban J connectivity index is 1.33. The zero-order valence-corrected chi connectivity index (χ0v) is 14.7. The molecule has 0 spiro atoms. The van der Waals surface area contributed by atoms with Crippen LogP contribution >= 0.6 is 0 Å². The van der Waals surface area contributed by atoms with Crippen LogP contribution in [0.1, 0.15) is 25.3 Å². The molecule has 4 rings (SSSR count). The van der Waals surface area contributed by atoms with Gasteiger partial charge in [-0.15, -0.1) is 0 Å². The molecule has 2 aromatic rings. The third-order valence-electron chi connectivity index (χ3n) is 5.22. The van der Waals surface area contributed by atoms with Crippen LogP contribution in [-0.4, -0.2) is 47.5 Å². The molecule has 0 N–H and O–H groups in total. The van der Waals surface area contributed by atoms with Crippen molar-refractivity contribution >= 4 is 17.5 Å². The molecule has 6 nitrogen and oxygen atoms in total. The van der Waals surface area contributed by atoms with E-state index >= 15 is 0 Å². The number of likely N-dealkylation sites (tertiary alicyclic amines) is 1. The van der Waals surface area contributed by atoms with Crippen LogP contribution in [0.3, 0.4) is 0 Å². The number of rotatable bonds is 4. The summed E-state index contributed by atoms with van der Waals surface area (Å²) in [6.07, 6.45) is 6.46. The molecular formula is C20H23N3O3. The van der Waals surface area contributed by atoms with Gasteiger partial charge in [0.15, 0.2) is 6.61 Å². The number of hydrogen-bond donors (Lipinski definition) is 0. The maximum Gasteiger partial charge on any atom is 0.265 e. The molecule has 1 aromatic heterocycles. The molecule has 6 heteroatoms. The highest BCUT2D eigenvalue weighted by Crippen LogP contribution is 2.31. The number of aromatic nitrogens is 1. The first-order valence-electron chi connectivity index (χ1n) is 9.15. The van der Waals surface area contributed by atoms with Gasteiger partial charge in [-0.25, -0.2) is 0 Å². The van der Waals surface area contributed by atoms with Crippen molar-refractivity contribution in [3.8, 4) is 5.75 Å². The van der Waals surface area contributed by atoms with Crippen LogP contribution in [0.15, 0.2) is 48.8 Å². The number of fused-ring (bicyclic) bond motifs is 1. The normalized spacial score (nSPS) is 17.8. The van der Waals surface area contributed by atoms with Crippen molar-refractivity contribution in [3.63, 3.8) is 0 Å². The van der Waals surface area contributed by atoms with Gasteiger partial charge in [0.25, 0.3) is 5.91 Å². The lowest BCUT2D eigenvalue weighted by Gasteiger charge is -2.34. The smallest absolute Gasteiger partial charge is 0.265 e. The second-order valence-electron chi connectivity index (χ2n) is 6.79. The fourth-order valence-electron chi connectivity index (χ4n) is 3.77. The van der Waals surface area contributed by atoms with E-state index in [9.17, 15) is 9.59 Å². The second-order valence-corrected chi connectivity index (χ2v) is 6.79. The summed E-state index contributed by atoms with van der Waals surface area (Å²) in [7, 11) is 0. The number of anilines is 1. The van der Waals surface area contributed by atoms with E-state index in [4.69, 9.17) is 4.74 Å². The first-order valence-corrected chi connectivity index (χ1v) is 9.15. The van der Waals surface area contributed by atoms with Gasteiger partial charge >= 0.3 is 0 Å². The van der Waals surface area contributed by atoms with Crippen LogP contribution in [0.5, 0.6) is 5.75 Å². The maximum absolute atomic E-state index is 12.6. The van der Waals surface area contributed by atoms with E-state index in [0.29, 0.717) is 24.8 Å². The summed E-state index contributed by atoms with van der Waals surface area (Å²) in [6.45, 7) is 1.98. The number of ether oxygens (including phenoxy) is 1. The molecule has 2 aliphatic heterocycles. The molecule has 26 heavy (non-hydrogen) atoms. The number of carbonyl (C=O) groups is 2. The number of hydrogen-bond acceptors (Lipinski definition) is 3. The average molecular weight is 353 g/mol. The topological polar surface area (TPSA) is 54.8 Å². The van der Waals surface area contributed by atoms with Crippen molar-refractivity contribution in [1.82, 2.24) is 9.47 Å². The van der Waals surface area contributed by atoms with Crippen LogP contribution in [0, 0.1) is 0 Å². The van der Waals surface area contributed by atoms with E-state index in [1.54, 1.807) is 4.90 Å². The molecule has 0 atom stereocenters. The first-order chi connectivity index (χ1) is 12.7. The van der Waals surface area contributed by atoms with E-state index in [-0.39, 0.29) is 18.4 Å². The minimum atomic E-state index is -0.0946. The Hall–Kier alpha value is -2.76. The predicted octanol–water partition coefficient (Wildman–Crippen LogP) is 2.47. The molecule has 2 amide bonds. The number of piperidine rings is 1. The predicted molar refractivity (Wildman–Crippen MR) is 98.2 cm³/mol. The van der Waals surface area contributed by atoms with E-state index in [1.807, 2.05) is 41.3 Å². The monoisotopic (exact) mass is 353 g/mol. The second kappa shape index (κ2) is 7.23. The molecule has 1 saturated heterocycles. The Morgan fingerprint density at radius 3 is 2.58 bits per heavy atom. The molecule has 2 aliphatic rings. The number of para-hydroxylation sites is 2. The number of carbonyl (C=O) groups excluding carboxylic acids is 2. The molecule has 136 valence electrons. The van der Waals surface area contributed by atoms with Gasteiger partial charge in [-0.2, -0.15) is 0 Å². The Morgan fingerprint density at radius 2 is 1.81 bits per heavy atom. The lowest BCUT2D eigenvalue weighted by molar-refractivity contribution is -0.132. The Bertz CT molecular complexity index is 779. The minimum Gasteiger partial charge on any atom is -0.482 e. The molecule has 3 heterocycles. The summed E-state index contributed by atoms with van der Waals surface area (Å²) in [5.41, 5.74) is 0.753. The molecule has 0 radical (unpaired) electrons. The van der Waals surface area contributed by atoms with Gasteiger partial charge in [0.2, 0.25) is 5.91 Å². The highest BCUT2D eigenvalue weighted by atomic mass is 16.5. The molecule has 1 aromatic carbocycles. The summed E-state index contributed by atoms with van der Waals surface area (Å²) < 4.78 is 7.67. The summed E-state index contributed by atoms with van der Waals surface area (Å²) in [6, 6.07) is 12.0. The molecule has 1 fully saturated rings. The van der Waals surface area contributed by atoms with E-state index in [2.05, 4.69) is 17.0 Å². The standard InChI is InChI=1S/C20H23N3O3/c24-19(22-12-7-16(8-13-22)21-10-3-4-11-21)9-14-23-17-5-1-2-6-18(17)26-15-20(23)25/h1-6,10-11,16H,7-9,12-15H2. The van der Waals surface area contributed by atoms with Crippen LogP contribution in [0.25, 0.3) is 0 Å². The SMILES string of the molecule is O=C(CCN1C(=O)COc2ccccc21)N1CCC(n2cccc2)CC1. The van der Waals surface area contributed by atoms with Crippen molar-refractivity contribution in [2.45, 2.75) is 25.3 Å². The van der Waals surface area contributed by atoms with Gasteiger partial charge in [0.05, 0.1) is 5.69 Å². The Labute approximate surface area is 153 Å². The summed E-state index contributed by atoms with van der Waals surface area (Å²) in [5.74, 6) is 0.725. The molecular weight excluding hydrogens is 330 g/mol. The Morgan fingerprint density at radius 1 is 1.08 bits per heavy atom. The number of benzene rings is 1. The molecule has 0 saturated carbocycles. The molecule has 0 unspecified atom stereocenters. The maximum atomic E-state index is 12.6. The third-order valence-corrected chi connectivity index (χ3v) is 5.22. The van der Waals surface area contributed by atoms with Crippen molar-refractivity contribution in [2.75, 3.05) is 31.1 Å². The quantitative estimate of drug-likeness (QED) is 0.848. The summed E-state index contributed by atoms with van der Waals surface area (Å²) in [4.78, 5) is 28.4.